The van der Waals surface area contributed by atoms with Gasteiger partial charge in [0.1, 0.15) is 11.5 Å². The summed E-state index contributed by atoms with van der Waals surface area (Å²) >= 11 is 0. The first-order chi connectivity index (χ1) is 15.1. The predicted octanol–water partition coefficient (Wildman–Crippen LogP) is 4.92. The summed E-state index contributed by atoms with van der Waals surface area (Å²) < 4.78 is 10.5. The molecule has 1 amide bonds. The lowest BCUT2D eigenvalue weighted by Crippen LogP contribution is -2.55. The highest BCUT2D eigenvalue weighted by molar-refractivity contribution is 6.03. The number of ether oxygens (including phenoxy) is 2. The second-order valence-corrected chi connectivity index (χ2v) is 7.73. The van der Waals surface area contributed by atoms with Crippen LogP contribution in [0.15, 0.2) is 78.9 Å². The van der Waals surface area contributed by atoms with Crippen molar-refractivity contribution in [2.75, 3.05) is 19.1 Å². The van der Waals surface area contributed by atoms with Crippen LogP contribution in [0.25, 0.3) is 0 Å². The van der Waals surface area contributed by atoms with Gasteiger partial charge < -0.3 is 19.5 Å². The van der Waals surface area contributed by atoms with Crippen LogP contribution < -0.4 is 14.4 Å². The van der Waals surface area contributed by atoms with E-state index in [4.69, 9.17) is 9.47 Å². The second-order valence-electron chi connectivity index (χ2n) is 7.73. The van der Waals surface area contributed by atoms with E-state index in [2.05, 4.69) is 0 Å². The fourth-order valence-corrected chi connectivity index (χ4v) is 4.22. The van der Waals surface area contributed by atoms with Crippen molar-refractivity contribution in [2.24, 2.45) is 5.92 Å². The summed E-state index contributed by atoms with van der Waals surface area (Å²) in [5.74, 6) is 1.42. The van der Waals surface area contributed by atoms with Gasteiger partial charge in [0.05, 0.1) is 32.3 Å². The van der Waals surface area contributed by atoms with Gasteiger partial charge in [0.25, 0.3) is 0 Å². The zero-order valence-electron chi connectivity index (χ0n) is 17.8. The molecule has 0 aromatic heterocycles. The van der Waals surface area contributed by atoms with E-state index in [0.29, 0.717) is 12.8 Å². The lowest BCUT2D eigenvalue weighted by Gasteiger charge is -2.48. The highest BCUT2D eigenvalue weighted by atomic mass is 16.5. The number of carbonyl (C=O) groups excluding carboxylic acids is 1. The molecule has 1 N–H and O–H groups in total. The van der Waals surface area contributed by atoms with Gasteiger partial charge in [-0.2, -0.15) is 0 Å². The van der Waals surface area contributed by atoms with E-state index in [1.807, 2.05) is 83.8 Å². The molecule has 0 aliphatic carbocycles. The molecule has 5 heteroatoms. The van der Waals surface area contributed by atoms with Crippen molar-refractivity contribution in [3.05, 3.63) is 90.0 Å². The van der Waals surface area contributed by atoms with Crippen LogP contribution in [-0.2, 0) is 4.79 Å². The van der Waals surface area contributed by atoms with Crippen LogP contribution in [0.5, 0.6) is 11.5 Å². The van der Waals surface area contributed by atoms with Crippen molar-refractivity contribution in [3.8, 4) is 11.5 Å². The lowest BCUT2D eigenvalue weighted by atomic mass is 9.78. The van der Waals surface area contributed by atoms with Crippen molar-refractivity contribution in [1.29, 1.82) is 0 Å². The molecular formula is C26H27NO4. The van der Waals surface area contributed by atoms with Crippen LogP contribution in [0.3, 0.4) is 0 Å². The van der Waals surface area contributed by atoms with Crippen LogP contribution in [-0.4, -0.2) is 25.2 Å². The molecule has 3 aromatic carbocycles. The number of methoxy groups -OCH3 is 2. The number of nitrogens with zero attached hydrogens (tertiary/aromatic N) is 1. The third kappa shape index (κ3) is 4.28. The van der Waals surface area contributed by atoms with Crippen LogP contribution in [0.2, 0.25) is 0 Å². The third-order valence-electron chi connectivity index (χ3n) is 5.96. The first-order valence-corrected chi connectivity index (χ1v) is 10.5. The number of β-lactam (4-membered cyclic amide) rings is 1. The number of anilines is 1. The van der Waals surface area contributed by atoms with E-state index >= 15 is 0 Å². The van der Waals surface area contributed by atoms with E-state index in [9.17, 15) is 9.90 Å². The molecule has 1 heterocycles. The zero-order chi connectivity index (χ0) is 21.8. The molecule has 1 aliphatic heterocycles. The van der Waals surface area contributed by atoms with Crippen LogP contribution in [0, 0.1) is 5.92 Å². The van der Waals surface area contributed by atoms with Gasteiger partial charge in [-0.1, -0.05) is 42.5 Å². The molecule has 0 saturated carbocycles. The molecule has 3 aromatic rings. The van der Waals surface area contributed by atoms with Crippen molar-refractivity contribution < 1.29 is 19.4 Å². The number of benzene rings is 3. The maximum Gasteiger partial charge on any atom is 0.233 e. The molecule has 1 fully saturated rings. The third-order valence-corrected chi connectivity index (χ3v) is 5.96. The highest BCUT2D eigenvalue weighted by Crippen LogP contribution is 2.46. The molecule has 0 bridgehead atoms. The maximum atomic E-state index is 13.2. The van der Waals surface area contributed by atoms with Crippen LogP contribution >= 0.6 is 0 Å². The Morgan fingerprint density at radius 1 is 0.871 bits per heavy atom. The molecule has 160 valence electrons. The van der Waals surface area contributed by atoms with Crippen molar-refractivity contribution in [2.45, 2.75) is 25.0 Å². The van der Waals surface area contributed by atoms with E-state index in [-0.39, 0.29) is 17.9 Å². The topological polar surface area (TPSA) is 59.0 Å². The van der Waals surface area contributed by atoms with Gasteiger partial charge in [0.2, 0.25) is 5.91 Å². The molecule has 31 heavy (non-hydrogen) atoms. The van der Waals surface area contributed by atoms with Gasteiger partial charge in [-0.3, -0.25) is 4.79 Å². The molecule has 0 radical (unpaired) electrons. The van der Waals surface area contributed by atoms with Crippen LogP contribution in [0.1, 0.15) is 36.1 Å². The summed E-state index contributed by atoms with van der Waals surface area (Å²) in [5, 5.41) is 10.6. The van der Waals surface area contributed by atoms with Gasteiger partial charge >= 0.3 is 0 Å². The summed E-state index contributed by atoms with van der Waals surface area (Å²) in [6, 6.07) is 24.9. The average molecular weight is 418 g/mol. The summed E-state index contributed by atoms with van der Waals surface area (Å²) in [4.78, 5) is 15.0. The number of aliphatic hydroxyl groups excluding tert-OH is 1. The Bertz CT molecular complexity index is 1000. The number of carbonyl (C=O) groups is 1. The number of rotatable bonds is 8. The predicted molar refractivity (Wildman–Crippen MR) is 120 cm³/mol. The molecule has 1 unspecified atom stereocenters. The maximum absolute atomic E-state index is 13.2. The van der Waals surface area contributed by atoms with Crippen LogP contribution in [0.4, 0.5) is 5.69 Å². The Kier molecular flexibility index (Phi) is 6.23. The fraction of sp³-hybridized carbons (Fsp3) is 0.269. The first-order valence-electron chi connectivity index (χ1n) is 10.5. The molecule has 1 aliphatic rings. The lowest BCUT2D eigenvalue weighted by molar-refractivity contribution is -0.131. The molecule has 4 rings (SSSR count). The van der Waals surface area contributed by atoms with Gasteiger partial charge in [-0.05, 0) is 60.4 Å². The minimum Gasteiger partial charge on any atom is -0.497 e. The average Bonchev–Trinajstić information content (AvgIpc) is 2.83. The smallest absolute Gasteiger partial charge is 0.233 e. The van der Waals surface area contributed by atoms with Crippen molar-refractivity contribution in [3.63, 3.8) is 0 Å². The van der Waals surface area contributed by atoms with Gasteiger partial charge in [-0.25, -0.2) is 0 Å². The summed E-state index contributed by atoms with van der Waals surface area (Å²) in [6.07, 6.45) is 0.558. The van der Waals surface area contributed by atoms with E-state index in [1.54, 1.807) is 14.2 Å². The molecule has 1 saturated heterocycles. The van der Waals surface area contributed by atoms with Gasteiger partial charge in [0, 0.05) is 5.69 Å². The summed E-state index contributed by atoms with van der Waals surface area (Å²) in [5.41, 5.74) is 2.77. The SMILES string of the molecule is COc1ccc([C@@H]2C(CC[C@@H](O)c3ccccc3)C(=O)N2c2ccc(OC)cc2)cc1. The largest absolute Gasteiger partial charge is 0.497 e. The number of aliphatic hydroxyl groups is 1. The standard InChI is InChI=1S/C26H27NO4/c1-30-21-12-8-19(9-13-21)25-23(16-17-24(28)18-6-4-3-5-7-18)26(29)27(25)20-10-14-22(31-2)15-11-20/h3-15,23-25,28H,16-17H2,1-2H3/t23?,24-,25-/m1/s1. The quantitative estimate of drug-likeness (QED) is 0.529. The minimum absolute atomic E-state index is 0.0752. The Morgan fingerprint density at radius 3 is 2.03 bits per heavy atom. The number of hydrogen-bond donors (Lipinski definition) is 1. The zero-order valence-corrected chi connectivity index (χ0v) is 17.8. The Balaban J connectivity index is 1.56. The van der Waals surface area contributed by atoms with E-state index in [0.717, 1.165) is 28.3 Å². The van der Waals surface area contributed by atoms with Gasteiger partial charge in [0.15, 0.2) is 0 Å². The highest BCUT2D eigenvalue weighted by Gasteiger charge is 2.48. The first kappa shape index (κ1) is 20.9. The van der Waals surface area contributed by atoms with Crippen molar-refractivity contribution >= 4 is 11.6 Å². The Hall–Kier alpha value is -3.31. The van der Waals surface area contributed by atoms with E-state index < -0.39 is 6.10 Å². The normalized spacial score (nSPS) is 18.9. The number of hydrogen-bond acceptors (Lipinski definition) is 4. The fourth-order valence-electron chi connectivity index (χ4n) is 4.22. The Morgan fingerprint density at radius 2 is 1.45 bits per heavy atom. The van der Waals surface area contributed by atoms with Gasteiger partial charge in [-0.15, -0.1) is 0 Å². The molecular weight excluding hydrogens is 390 g/mol. The monoisotopic (exact) mass is 417 g/mol. The summed E-state index contributed by atoms with van der Waals surface area (Å²) in [6.45, 7) is 0. The minimum atomic E-state index is -0.583. The summed E-state index contributed by atoms with van der Waals surface area (Å²) in [7, 11) is 3.26. The molecule has 5 nitrogen and oxygen atoms in total. The van der Waals surface area contributed by atoms with E-state index in [1.165, 1.54) is 0 Å². The number of amides is 1. The molecule has 3 atom stereocenters. The second kappa shape index (κ2) is 9.23. The van der Waals surface area contributed by atoms with Crippen molar-refractivity contribution in [1.82, 2.24) is 0 Å². The molecule has 0 spiro atoms. The Labute approximate surface area is 182 Å².